The quantitative estimate of drug-likeness (QED) is 0.354. The fourth-order valence-electron chi connectivity index (χ4n) is 6.49. The van der Waals surface area contributed by atoms with Crippen molar-refractivity contribution in [2.45, 2.75) is 46.4 Å². The average Bonchev–Trinajstić information content (AvgIpc) is 3.18. The van der Waals surface area contributed by atoms with Crippen molar-refractivity contribution in [3.05, 3.63) is 120 Å². The van der Waals surface area contributed by atoms with Crippen LogP contribution in [-0.4, -0.2) is 13.5 Å². The normalized spacial score (nSPS) is 23.0. The predicted molar refractivity (Wildman–Crippen MR) is 155 cm³/mol. The van der Waals surface area contributed by atoms with Gasteiger partial charge in [-0.15, -0.1) is 0 Å². The molecule has 3 aliphatic rings. The van der Waals surface area contributed by atoms with Crippen molar-refractivity contribution in [2.24, 2.45) is 10.8 Å². The Hall–Kier alpha value is -3.30. The van der Waals surface area contributed by atoms with E-state index >= 15 is 0 Å². The molecule has 3 heteroatoms. The number of hydrogen-bond acceptors (Lipinski definition) is 2. The number of hydrogen-bond donors (Lipinski definition) is 0. The molecule has 0 radical (unpaired) electrons. The van der Waals surface area contributed by atoms with E-state index in [1.54, 1.807) is 0 Å². The third kappa shape index (κ3) is 3.30. The molecule has 2 nitrogen and oxygen atoms in total. The van der Waals surface area contributed by atoms with E-state index in [-0.39, 0.29) is 17.7 Å². The molecule has 37 heavy (non-hydrogen) atoms. The Morgan fingerprint density at radius 3 is 2.27 bits per heavy atom. The van der Waals surface area contributed by atoms with Gasteiger partial charge in [-0.2, -0.15) is 0 Å². The average molecular weight is 486 g/mol. The fourth-order valence-corrected chi connectivity index (χ4v) is 6.49. The Balaban J connectivity index is 1.64. The van der Waals surface area contributed by atoms with Crippen molar-refractivity contribution < 1.29 is 9.39 Å². The molecule has 1 atom stereocenters. The van der Waals surface area contributed by atoms with Crippen LogP contribution in [0.3, 0.4) is 0 Å². The van der Waals surface area contributed by atoms with Gasteiger partial charge in [-0.05, 0) is 63.9 Å². The fraction of sp³-hybridized carbons (Fsp3) is 0.294. The van der Waals surface area contributed by atoms with E-state index in [0.717, 1.165) is 30.0 Å². The van der Waals surface area contributed by atoms with Crippen LogP contribution in [0.2, 0.25) is 6.32 Å². The Morgan fingerprint density at radius 2 is 1.54 bits per heavy atom. The standard InChI is InChI=1S/C34H35BO2/c1-7-13-27-30(8-2)37-31-17-12-11-16-28(31)34(27)26-15-10-9-14-24(26)25-19-18-23(20-29(25)34)35-21-32(3,4)33(5,6)22-36-35/h7-20H,2,21-22H2,1,3-6H3/b13-7-. The maximum atomic E-state index is 6.55. The minimum absolute atomic E-state index is 0.0668. The van der Waals surface area contributed by atoms with Crippen LogP contribution in [-0.2, 0) is 10.1 Å². The van der Waals surface area contributed by atoms with Gasteiger partial charge in [-0.25, -0.2) is 0 Å². The molecule has 186 valence electrons. The molecule has 1 spiro atoms. The molecule has 3 aromatic carbocycles. The molecular weight excluding hydrogens is 451 g/mol. The topological polar surface area (TPSA) is 18.5 Å². The number of rotatable bonds is 3. The summed E-state index contributed by atoms with van der Waals surface area (Å²) < 4.78 is 13.0. The minimum atomic E-state index is -0.490. The van der Waals surface area contributed by atoms with Crippen molar-refractivity contribution in [3.8, 4) is 16.9 Å². The third-order valence-corrected chi connectivity index (χ3v) is 9.31. The summed E-state index contributed by atoms with van der Waals surface area (Å²) in [4.78, 5) is 0. The number of para-hydroxylation sites is 1. The lowest BCUT2D eigenvalue weighted by molar-refractivity contribution is 0.0333. The summed E-state index contributed by atoms with van der Waals surface area (Å²) in [6.45, 7) is 16.4. The molecule has 1 saturated heterocycles. The molecule has 2 aliphatic heterocycles. The van der Waals surface area contributed by atoms with Gasteiger partial charge in [0.2, 0.25) is 0 Å². The lowest BCUT2D eigenvalue weighted by atomic mass is 9.45. The summed E-state index contributed by atoms with van der Waals surface area (Å²) in [5.74, 6) is 1.69. The highest BCUT2D eigenvalue weighted by atomic mass is 16.5. The van der Waals surface area contributed by atoms with Crippen molar-refractivity contribution in [2.75, 3.05) is 6.61 Å². The monoisotopic (exact) mass is 486 g/mol. The van der Waals surface area contributed by atoms with Crippen LogP contribution in [0, 0.1) is 10.8 Å². The molecule has 6 rings (SSSR count). The van der Waals surface area contributed by atoms with E-state index in [1.165, 1.54) is 33.3 Å². The molecule has 0 N–H and O–H groups in total. The highest BCUT2D eigenvalue weighted by Crippen LogP contribution is 2.60. The molecule has 1 aliphatic carbocycles. The van der Waals surface area contributed by atoms with E-state index < -0.39 is 5.41 Å². The first kappa shape index (κ1) is 24.1. The van der Waals surface area contributed by atoms with E-state index in [2.05, 4.69) is 114 Å². The van der Waals surface area contributed by atoms with Crippen molar-refractivity contribution in [3.63, 3.8) is 0 Å². The SMILES string of the molecule is C=CC1=C(/C=C\C)C2(c3ccccc3O1)c1ccccc1-c1ccc(B3CC(C)(C)C(C)(C)CO3)cc12. The summed E-state index contributed by atoms with van der Waals surface area (Å²) in [6.07, 6.45) is 7.16. The molecule has 0 saturated carbocycles. The largest absolute Gasteiger partial charge is 0.457 e. The van der Waals surface area contributed by atoms with Crippen LogP contribution in [0.5, 0.6) is 5.75 Å². The number of allylic oxidation sites excluding steroid dienone is 4. The van der Waals surface area contributed by atoms with Gasteiger partial charge in [-0.3, -0.25) is 0 Å². The summed E-state index contributed by atoms with van der Waals surface area (Å²) in [6, 6.07) is 24.3. The number of fused-ring (bicyclic) bond motifs is 7. The Morgan fingerprint density at radius 1 is 0.838 bits per heavy atom. The summed E-state index contributed by atoms with van der Waals surface area (Å²) in [5, 5.41) is 0. The van der Waals surface area contributed by atoms with Gasteiger partial charge in [0.25, 0.3) is 0 Å². The Labute approximate surface area is 221 Å². The maximum Gasteiger partial charge on any atom is 0.327 e. The predicted octanol–water partition coefficient (Wildman–Crippen LogP) is 7.69. The van der Waals surface area contributed by atoms with Gasteiger partial charge >= 0.3 is 6.92 Å². The van der Waals surface area contributed by atoms with Gasteiger partial charge in [0, 0.05) is 17.7 Å². The van der Waals surface area contributed by atoms with E-state index in [1.807, 2.05) is 12.1 Å². The van der Waals surface area contributed by atoms with Crippen LogP contribution < -0.4 is 10.2 Å². The number of benzene rings is 3. The van der Waals surface area contributed by atoms with Crippen molar-refractivity contribution in [1.82, 2.24) is 0 Å². The van der Waals surface area contributed by atoms with Crippen molar-refractivity contribution >= 4 is 12.4 Å². The molecule has 0 amide bonds. The zero-order valence-corrected chi connectivity index (χ0v) is 22.6. The first-order chi connectivity index (χ1) is 17.7. The van der Waals surface area contributed by atoms with Gasteiger partial charge in [0.05, 0.1) is 5.41 Å². The maximum absolute atomic E-state index is 6.55. The van der Waals surface area contributed by atoms with Crippen LogP contribution in [0.1, 0.15) is 51.3 Å². The molecular formula is C34H35BO2. The summed E-state index contributed by atoms with van der Waals surface area (Å²) >= 11 is 0. The second-order valence-electron chi connectivity index (χ2n) is 12.0. The first-order valence-corrected chi connectivity index (χ1v) is 13.4. The minimum Gasteiger partial charge on any atom is -0.457 e. The van der Waals surface area contributed by atoms with Crippen LogP contribution >= 0.6 is 0 Å². The van der Waals surface area contributed by atoms with Gasteiger partial charge < -0.3 is 9.39 Å². The van der Waals surface area contributed by atoms with Crippen LogP contribution in [0.15, 0.2) is 103 Å². The second-order valence-corrected chi connectivity index (χ2v) is 12.0. The highest BCUT2D eigenvalue weighted by Gasteiger charge is 2.52. The lowest BCUT2D eigenvalue weighted by Gasteiger charge is -2.48. The van der Waals surface area contributed by atoms with Gasteiger partial charge in [0.1, 0.15) is 11.5 Å². The van der Waals surface area contributed by atoms with E-state index in [0.29, 0.717) is 0 Å². The smallest absolute Gasteiger partial charge is 0.327 e. The third-order valence-electron chi connectivity index (χ3n) is 9.31. The lowest BCUT2D eigenvalue weighted by Crippen LogP contribution is -2.51. The van der Waals surface area contributed by atoms with Gasteiger partial charge in [0.15, 0.2) is 0 Å². The van der Waals surface area contributed by atoms with Crippen molar-refractivity contribution in [1.29, 1.82) is 0 Å². The summed E-state index contributed by atoms with van der Waals surface area (Å²) in [7, 11) is 0. The van der Waals surface area contributed by atoms with Crippen LogP contribution in [0.4, 0.5) is 0 Å². The van der Waals surface area contributed by atoms with E-state index in [4.69, 9.17) is 9.39 Å². The molecule has 1 fully saturated rings. The first-order valence-electron chi connectivity index (χ1n) is 13.4. The zero-order chi connectivity index (χ0) is 26.0. The van der Waals surface area contributed by atoms with Crippen LogP contribution in [0.25, 0.3) is 11.1 Å². The molecule has 3 aromatic rings. The summed E-state index contributed by atoms with van der Waals surface area (Å²) in [5.41, 5.74) is 8.49. The Kier molecular flexibility index (Phi) is 5.44. The number of ether oxygens (including phenoxy) is 1. The zero-order valence-electron chi connectivity index (χ0n) is 22.6. The van der Waals surface area contributed by atoms with E-state index in [9.17, 15) is 0 Å². The Bertz CT molecular complexity index is 1470. The second kappa shape index (κ2) is 8.36. The molecule has 0 aromatic heterocycles. The molecule has 1 unspecified atom stereocenters. The van der Waals surface area contributed by atoms with Gasteiger partial charge in [-0.1, -0.05) is 107 Å². The molecule has 0 bridgehead atoms. The highest BCUT2D eigenvalue weighted by molar-refractivity contribution is 6.67. The molecule has 2 heterocycles.